The third-order valence-corrected chi connectivity index (χ3v) is 7.75. The van der Waals surface area contributed by atoms with E-state index in [1.165, 1.54) is 5.56 Å². The van der Waals surface area contributed by atoms with Crippen LogP contribution in [0.5, 0.6) is 0 Å². The summed E-state index contributed by atoms with van der Waals surface area (Å²) in [5.74, 6) is 1.02. The van der Waals surface area contributed by atoms with Gasteiger partial charge in [0, 0.05) is 49.7 Å². The van der Waals surface area contributed by atoms with E-state index in [9.17, 15) is 0 Å². The number of aliphatic hydroxyl groups is 1. The molecule has 10 nitrogen and oxygen atoms in total. The molecule has 35 heavy (non-hydrogen) atoms. The van der Waals surface area contributed by atoms with Crippen LogP contribution in [0.2, 0.25) is 0 Å². The molecule has 0 amide bonds. The Hall–Kier alpha value is -2.44. The smallest absolute Gasteiger partial charge is 0.227 e. The van der Waals surface area contributed by atoms with Gasteiger partial charge >= 0.3 is 0 Å². The van der Waals surface area contributed by atoms with E-state index in [2.05, 4.69) is 37.4 Å². The van der Waals surface area contributed by atoms with Crippen molar-refractivity contribution in [2.45, 2.75) is 44.8 Å². The van der Waals surface area contributed by atoms with E-state index < -0.39 is 0 Å². The normalized spacial score (nSPS) is 19.8. The van der Waals surface area contributed by atoms with Crippen molar-refractivity contribution in [1.29, 1.82) is 0 Å². The van der Waals surface area contributed by atoms with Crippen molar-refractivity contribution in [3.63, 3.8) is 0 Å². The van der Waals surface area contributed by atoms with Crippen LogP contribution in [-0.2, 0) is 11.3 Å². The lowest BCUT2D eigenvalue weighted by Crippen LogP contribution is -2.46. The molecule has 2 fully saturated rings. The van der Waals surface area contributed by atoms with Gasteiger partial charge in [0.15, 0.2) is 0 Å². The van der Waals surface area contributed by atoms with E-state index in [1.54, 1.807) is 23.7 Å². The molecule has 3 aromatic rings. The van der Waals surface area contributed by atoms with Crippen molar-refractivity contribution in [3.8, 4) is 11.3 Å². The summed E-state index contributed by atoms with van der Waals surface area (Å²) in [6, 6.07) is 0.635. The number of nitrogen functional groups attached to an aromatic ring is 1. The van der Waals surface area contributed by atoms with Crippen LogP contribution in [0.25, 0.3) is 21.5 Å². The fraction of sp³-hybridized carbons (Fsp3) is 0.583. The lowest BCUT2D eigenvalue weighted by molar-refractivity contribution is 0.0898. The highest BCUT2D eigenvalue weighted by Gasteiger charge is 2.39. The number of fused-ring (bicyclic) bond motifs is 3. The first-order valence-corrected chi connectivity index (χ1v) is 13.3. The highest BCUT2D eigenvalue weighted by atomic mass is 32.1. The Morgan fingerprint density at radius 1 is 1.17 bits per heavy atom. The first-order valence-electron chi connectivity index (χ1n) is 12.4. The van der Waals surface area contributed by atoms with Crippen LogP contribution >= 0.6 is 11.3 Å². The number of anilines is 2. The van der Waals surface area contributed by atoms with Crippen LogP contribution in [0.15, 0.2) is 17.8 Å². The van der Waals surface area contributed by atoms with Crippen LogP contribution in [-0.4, -0.2) is 88.0 Å². The second kappa shape index (κ2) is 11.1. The number of aliphatic hydroxyl groups excluding tert-OH is 1. The number of thiophene rings is 1. The van der Waals surface area contributed by atoms with E-state index in [4.69, 9.17) is 25.5 Å². The van der Waals surface area contributed by atoms with Crippen molar-refractivity contribution < 1.29 is 9.84 Å². The number of hydrogen-bond donors (Lipinski definition) is 3. The molecule has 2 unspecified atom stereocenters. The highest BCUT2D eigenvalue weighted by Crippen LogP contribution is 2.38. The molecule has 0 aliphatic carbocycles. The zero-order valence-corrected chi connectivity index (χ0v) is 21.0. The summed E-state index contributed by atoms with van der Waals surface area (Å²) in [6.45, 7) is 7.99. The largest absolute Gasteiger partial charge is 0.395 e. The zero-order valence-electron chi connectivity index (χ0n) is 20.2. The first-order chi connectivity index (χ1) is 17.2. The van der Waals surface area contributed by atoms with E-state index in [-0.39, 0.29) is 12.6 Å². The quantitative estimate of drug-likeness (QED) is 0.337. The number of aromatic nitrogens is 4. The summed E-state index contributed by atoms with van der Waals surface area (Å²) < 4.78 is 6.86. The monoisotopic (exact) mass is 498 g/mol. The van der Waals surface area contributed by atoms with E-state index >= 15 is 0 Å². The topological polar surface area (TPSA) is 126 Å². The number of nitrogens with two attached hydrogens (primary N) is 1. The van der Waals surface area contributed by atoms with Crippen LogP contribution < -0.4 is 16.0 Å². The minimum Gasteiger partial charge on any atom is -0.395 e. The molecule has 5 rings (SSSR count). The van der Waals surface area contributed by atoms with Gasteiger partial charge in [-0.15, -0.1) is 11.3 Å². The lowest BCUT2D eigenvalue weighted by Gasteiger charge is -2.34. The molecule has 2 saturated heterocycles. The van der Waals surface area contributed by atoms with Crippen molar-refractivity contribution in [2.75, 3.05) is 56.6 Å². The van der Waals surface area contributed by atoms with Crippen LogP contribution in [0.1, 0.15) is 31.7 Å². The second-order valence-corrected chi connectivity index (χ2v) is 10.1. The SMILES string of the molecule is CCCN(CCNCCO)Cc1csc2c(-c3cnc(N)nc3)nc(N3C4CCC3COC4)nc12. The van der Waals surface area contributed by atoms with Crippen molar-refractivity contribution in [3.05, 3.63) is 23.3 Å². The Bertz CT molecular complexity index is 1110. The van der Waals surface area contributed by atoms with Gasteiger partial charge in [0.05, 0.1) is 47.8 Å². The minimum atomic E-state index is 0.157. The predicted molar refractivity (Wildman–Crippen MR) is 138 cm³/mol. The third kappa shape index (κ3) is 5.24. The van der Waals surface area contributed by atoms with Crippen LogP contribution in [0.4, 0.5) is 11.9 Å². The molecule has 2 atom stereocenters. The summed E-state index contributed by atoms with van der Waals surface area (Å²) in [7, 11) is 0. The number of rotatable bonds is 11. The van der Waals surface area contributed by atoms with Crippen LogP contribution in [0, 0.1) is 0 Å². The second-order valence-electron chi connectivity index (χ2n) is 9.22. The molecule has 5 heterocycles. The number of hydrogen-bond acceptors (Lipinski definition) is 11. The molecule has 3 aromatic heterocycles. The maximum absolute atomic E-state index is 9.05. The van der Waals surface area contributed by atoms with Gasteiger partial charge in [-0.3, -0.25) is 4.90 Å². The molecule has 0 aromatic carbocycles. The Labute approximate surface area is 209 Å². The van der Waals surface area contributed by atoms with E-state index in [1.807, 2.05) is 0 Å². The average molecular weight is 499 g/mol. The Morgan fingerprint density at radius 3 is 2.66 bits per heavy atom. The maximum Gasteiger partial charge on any atom is 0.227 e. The molecule has 2 bridgehead atoms. The molecule has 0 radical (unpaired) electrons. The molecular formula is C24H34N8O2S. The van der Waals surface area contributed by atoms with Gasteiger partial charge in [-0.1, -0.05) is 6.92 Å². The molecule has 11 heteroatoms. The summed E-state index contributed by atoms with van der Waals surface area (Å²) in [5.41, 5.74) is 9.68. The lowest BCUT2D eigenvalue weighted by atomic mass is 10.1. The number of nitrogens with zero attached hydrogens (tertiary/aromatic N) is 6. The number of nitrogens with one attached hydrogen (secondary N) is 1. The van der Waals surface area contributed by atoms with Crippen molar-refractivity contribution in [1.82, 2.24) is 30.2 Å². The summed E-state index contributed by atoms with van der Waals surface area (Å²) >= 11 is 1.67. The number of morpholine rings is 1. The van der Waals surface area contributed by atoms with Gasteiger partial charge < -0.3 is 25.8 Å². The van der Waals surface area contributed by atoms with Gasteiger partial charge in [0.25, 0.3) is 0 Å². The first kappa shape index (κ1) is 24.3. The fourth-order valence-electron chi connectivity index (χ4n) is 5.06. The molecule has 0 spiro atoms. The Kier molecular flexibility index (Phi) is 7.69. The molecule has 4 N–H and O–H groups in total. The molecule has 0 saturated carbocycles. The third-order valence-electron chi connectivity index (χ3n) is 6.72. The van der Waals surface area contributed by atoms with Crippen molar-refractivity contribution >= 4 is 33.5 Å². The highest BCUT2D eigenvalue weighted by molar-refractivity contribution is 7.17. The molecule has 188 valence electrons. The minimum absolute atomic E-state index is 0.157. The zero-order chi connectivity index (χ0) is 24.2. The summed E-state index contributed by atoms with van der Waals surface area (Å²) in [5, 5.41) is 14.6. The van der Waals surface area contributed by atoms with Gasteiger partial charge in [-0.05, 0) is 31.2 Å². The maximum atomic E-state index is 9.05. The van der Waals surface area contributed by atoms with Gasteiger partial charge in [-0.2, -0.15) is 0 Å². The standard InChI is InChI=1S/C24H34N8O2S/c1-2-7-31(8-5-26-6-9-33)12-17-15-35-22-20(16-10-27-23(25)28-11-16)29-24(30-21(17)22)32-18-3-4-19(32)14-34-13-18/h10-11,15,18-19,26,33H,2-9,12-14H2,1H3,(H2,25,27,28). The Balaban J connectivity index is 1.52. The molecule has 2 aliphatic heterocycles. The summed E-state index contributed by atoms with van der Waals surface area (Å²) in [6.07, 6.45) is 6.78. The summed E-state index contributed by atoms with van der Waals surface area (Å²) in [4.78, 5) is 23.5. The molecular weight excluding hydrogens is 464 g/mol. The van der Waals surface area contributed by atoms with Gasteiger partial charge in [0.2, 0.25) is 11.9 Å². The van der Waals surface area contributed by atoms with E-state index in [0.29, 0.717) is 18.6 Å². The Morgan fingerprint density at radius 2 is 1.94 bits per heavy atom. The fourth-order valence-corrected chi connectivity index (χ4v) is 6.07. The van der Waals surface area contributed by atoms with Crippen LogP contribution in [0.3, 0.4) is 0 Å². The predicted octanol–water partition coefficient (Wildman–Crippen LogP) is 1.89. The van der Waals surface area contributed by atoms with Gasteiger partial charge in [0.1, 0.15) is 0 Å². The van der Waals surface area contributed by atoms with E-state index in [0.717, 1.165) is 86.1 Å². The molecule has 2 aliphatic rings. The number of ether oxygens (including phenoxy) is 1. The van der Waals surface area contributed by atoms with Crippen molar-refractivity contribution in [2.24, 2.45) is 0 Å². The van der Waals surface area contributed by atoms with Gasteiger partial charge in [-0.25, -0.2) is 19.9 Å². The average Bonchev–Trinajstić information content (AvgIpc) is 3.38.